The minimum atomic E-state index is -0.412. The molecular formula is C25H29NO4. The molecule has 158 valence electrons. The van der Waals surface area contributed by atoms with Crippen molar-refractivity contribution in [2.75, 3.05) is 7.11 Å². The first-order valence-corrected chi connectivity index (χ1v) is 10.6. The van der Waals surface area contributed by atoms with Crippen LogP contribution < -0.4 is 4.74 Å². The molecule has 1 aromatic heterocycles. The van der Waals surface area contributed by atoms with E-state index in [1.807, 2.05) is 41.0 Å². The highest BCUT2D eigenvalue weighted by atomic mass is 16.5. The van der Waals surface area contributed by atoms with Crippen LogP contribution in [0.5, 0.6) is 5.75 Å². The molecule has 30 heavy (non-hydrogen) atoms. The van der Waals surface area contributed by atoms with Crippen molar-refractivity contribution < 1.29 is 19.1 Å². The molecule has 2 aromatic carbocycles. The highest BCUT2D eigenvalue weighted by Gasteiger charge is 2.18. The summed E-state index contributed by atoms with van der Waals surface area (Å²) in [7, 11) is 1.36. The van der Waals surface area contributed by atoms with Gasteiger partial charge in [-0.15, -0.1) is 0 Å². The molecule has 0 saturated carbocycles. The second-order valence-electron chi connectivity index (χ2n) is 7.38. The number of esters is 2. The Morgan fingerprint density at radius 1 is 0.900 bits per heavy atom. The highest BCUT2D eigenvalue weighted by molar-refractivity contribution is 5.96. The van der Waals surface area contributed by atoms with Gasteiger partial charge in [0.05, 0.1) is 30.1 Å². The minimum absolute atomic E-state index is 0.227. The molecule has 0 radical (unpaired) electrons. The van der Waals surface area contributed by atoms with E-state index in [2.05, 4.69) is 6.92 Å². The monoisotopic (exact) mass is 407 g/mol. The van der Waals surface area contributed by atoms with E-state index in [9.17, 15) is 9.59 Å². The molecule has 0 aliphatic rings. The molecule has 0 bridgehead atoms. The fourth-order valence-corrected chi connectivity index (χ4v) is 3.62. The molecular weight excluding hydrogens is 378 g/mol. The topological polar surface area (TPSA) is 57.5 Å². The smallest absolute Gasteiger partial charge is 0.339 e. The fourth-order valence-electron chi connectivity index (χ4n) is 3.62. The molecule has 3 aromatic rings. The zero-order chi connectivity index (χ0) is 21.3. The number of carbonyl (C=O) groups is 2. The summed E-state index contributed by atoms with van der Waals surface area (Å²) in [6.07, 6.45) is 8.90. The van der Waals surface area contributed by atoms with Gasteiger partial charge in [-0.05, 0) is 30.7 Å². The molecule has 5 heteroatoms. The van der Waals surface area contributed by atoms with E-state index in [0.29, 0.717) is 23.4 Å². The van der Waals surface area contributed by atoms with E-state index in [1.54, 1.807) is 18.3 Å². The van der Waals surface area contributed by atoms with Gasteiger partial charge in [0.15, 0.2) is 5.75 Å². The van der Waals surface area contributed by atoms with Gasteiger partial charge < -0.3 is 14.0 Å². The second-order valence-corrected chi connectivity index (χ2v) is 7.38. The van der Waals surface area contributed by atoms with E-state index in [1.165, 1.54) is 26.4 Å². The third-order valence-corrected chi connectivity index (χ3v) is 5.20. The Kier molecular flexibility index (Phi) is 7.66. The summed E-state index contributed by atoms with van der Waals surface area (Å²) in [5.41, 5.74) is 1.99. The summed E-state index contributed by atoms with van der Waals surface area (Å²) in [4.78, 5) is 24.6. The lowest BCUT2D eigenvalue weighted by Gasteiger charge is -2.10. The Morgan fingerprint density at radius 2 is 1.60 bits per heavy atom. The number of methoxy groups -OCH3 is 1. The molecule has 0 saturated heterocycles. The van der Waals surface area contributed by atoms with E-state index in [4.69, 9.17) is 9.47 Å². The molecule has 0 atom stereocenters. The maximum Gasteiger partial charge on any atom is 0.339 e. The normalized spacial score (nSPS) is 10.9. The number of nitrogens with zero attached hydrogens (tertiary/aromatic N) is 1. The van der Waals surface area contributed by atoms with E-state index >= 15 is 0 Å². The van der Waals surface area contributed by atoms with Crippen molar-refractivity contribution in [3.05, 3.63) is 60.3 Å². The quantitative estimate of drug-likeness (QED) is 0.302. The average molecular weight is 408 g/mol. The van der Waals surface area contributed by atoms with Crippen molar-refractivity contribution in [3.63, 3.8) is 0 Å². The molecule has 0 aliphatic heterocycles. The highest BCUT2D eigenvalue weighted by Crippen LogP contribution is 2.32. The SMILES string of the molecule is CCCCCCCCC(=O)Oc1cn(-c2ccccc2C(=O)OC)c2ccccc12. The summed E-state index contributed by atoms with van der Waals surface area (Å²) >= 11 is 0. The number of benzene rings is 2. The van der Waals surface area contributed by atoms with Crippen molar-refractivity contribution in [2.24, 2.45) is 0 Å². The van der Waals surface area contributed by atoms with Gasteiger partial charge >= 0.3 is 11.9 Å². The first-order chi connectivity index (χ1) is 14.7. The summed E-state index contributed by atoms with van der Waals surface area (Å²) in [6, 6.07) is 14.9. The van der Waals surface area contributed by atoms with Gasteiger partial charge in [-0.3, -0.25) is 4.79 Å². The number of rotatable bonds is 10. The van der Waals surface area contributed by atoms with Crippen LogP contribution in [0.25, 0.3) is 16.6 Å². The summed E-state index contributed by atoms with van der Waals surface area (Å²) in [5, 5.41) is 0.827. The van der Waals surface area contributed by atoms with Crippen LogP contribution in [0.3, 0.4) is 0 Å². The largest absolute Gasteiger partial charge is 0.465 e. The lowest BCUT2D eigenvalue weighted by molar-refractivity contribution is -0.134. The van der Waals surface area contributed by atoms with E-state index < -0.39 is 5.97 Å². The van der Waals surface area contributed by atoms with Crippen LogP contribution >= 0.6 is 0 Å². The second kappa shape index (κ2) is 10.6. The number of unbranched alkanes of at least 4 members (excludes halogenated alkanes) is 5. The standard InChI is InChI=1S/C25H29NO4/c1-3-4-5-6-7-8-17-24(27)30-23-18-26(21-15-11-9-13-19(21)23)22-16-12-10-14-20(22)25(28)29-2/h9-16,18H,3-8,17H2,1-2H3. The van der Waals surface area contributed by atoms with E-state index in [0.717, 1.165) is 30.2 Å². The van der Waals surface area contributed by atoms with Gasteiger partial charge in [-0.1, -0.05) is 63.3 Å². The van der Waals surface area contributed by atoms with Crippen LogP contribution in [0.2, 0.25) is 0 Å². The Labute approximate surface area is 177 Å². The van der Waals surface area contributed by atoms with Gasteiger partial charge in [-0.2, -0.15) is 0 Å². The zero-order valence-electron chi connectivity index (χ0n) is 17.7. The summed E-state index contributed by atoms with van der Waals surface area (Å²) in [5.74, 6) is -0.138. The molecule has 0 amide bonds. The third kappa shape index (κ3) is 5.09. The van der Waals surface area contributed by atoms with Crippen molar-refractivity contribution in [1.82, 2.24) is 4.57 Å². The van der Waals surface area contributed by atoms with Crippen molar-refractivity contribution in [3.8, 4) is 11.4 Å². The number of para-hydroxylation sites is 2. The molecule has 1 heterocycles. The maximum atomic E-state index is 12.4. The summed E-state index contributed by atoms with van der Waals surface area (Å²) in [6.45, 7) is 2.19. The molecule has 0 fully saturated rings. The number of fused-ring (bicyclic) bond motifs is 1. The van der Waals surface area contributed by atoms with Gasteiger partial charge in [-0.25, -0.2) is 4.79 Å². The van der Waals surface area contributed by atoms with Crippen LogP contribution in [-0.2, 0) is 9.53 Å². The first kappa shape index (κ1) is 21.6. The Balaban J connectivity index is 1.80. The molecule has 0 aliphatic carbocycles. The number of aromatic nitrogens is 1. The van der Waals surface area contributed by atoms with Crippen LogP contribution in [-0.4, -0.2) is 23.6 Å². The van der Waals surface area contributed by atoms with Gasteiger partial charge in [0.25, 0.3) is 0 Å². The predicted octanol–water partition coefficient (Wildman–Crippen LogP) is 6.07. The molecule has 0 N–H and O–H groups in total. The number of hydrogen-bond donors (Lipinski definition) is 0. The zero-order valence-corrected chi connectivity index (χ0v) is 17.7. The van der Waals surface area contributed by atoms with Gasteiger partial charge in [0.1, 0.15) is 0 Å². The van der Waals surface area contributed by atoms with Crippen LogP contribution in [0.15, 0.2) is 54.7 Å². The molecule has 5 nitrogen and oxygen atoms in total. The lowest BCUT2D eigenvalue weighted by Crippen LogP contribution is -2.08. The third-order valence-electron chi connectivity index (χ3n) is 5.20. The molecule has 0 unspecified atom stereocenters. The Bertz CT molecular complexity index is 1010. The lowest BCUT2D eigenvalue weighted by atomic mass is 10.1. The van der Waals surface area contributed by atoms with Crippen LogP contribution in [0.4, 0.5) is 0 Å². The van der Waals surface area contributed by atoms with Crippen LogP contribution in [0, 0.1) is 0 Å². The van der Waals surface area contributed by atoms with Crippen molar-refractivity contribution in [1.29, 1.82) is 0 Å². The Morgan fingerprint density at radius 3 is 2.40 bits per heavy atom. The summed E-state index contributed by atoms with van der Waals surface area (Å²) < 4.78 is 12.5. The number of hydrogen-bond acceptors (Lipinski definition) is 4. The number of carbonyl (C=O) groups excluding carboxylic acids is 2. The average Bonchev–Trinajstić information content (AvgIpc) is 3.14. The Hall–Kier alpha value is -3.08. The maximum absolute atomic E-state index is 12.4. The van der Waals surface area contributed by atoms with Gasteiger partial charge in [0, 0.05) is 11.8 Å². The number of ether oxygens (including phenoxy) is 2. The minimum Gasteiger partial charge on any atom is -0.465 e. The first-order valence-electron chi connectivity index (χ1n) is 10.6. The molecule has 0 spiro atoms. The molecule has 3 rings (SSSR count). The van der Waals surface area contributed by atoms with E-state index in [-0.39, 0.29) is 5.97 Å². The van der Waals surface area contributed by atoms with Crippen LogP contribution in [0.1, 0.15) is 62.2 Å². The van der Waals surface area contributed by atoms with Gasteiger partial charge in [0.2, 0.25) is 0 Å². The van der Waals surface area contributed by atoms with Crippen molar-refractivity contribution >= 4 is 22.8 Å². The van der Waals surface area contributed by atoms with Crippen molar-refractivity contribution in [2.45, 2.75) is 51.9 Å². The predicted molar refractivity (Wildman–Crippen MR) is 118 cm³/mol. The fraction of sp³-hybridized carbons (Fsp3) is 0.360.